The number of pyridine rings is 1. The molecule has 1 aliphatic rings. The maximum atomic E-state index is 12.9. The van der Waals surface area contributed by atoms with Gasteiger partial charge in [-0.05, 0) is 35.0 Å². The van der Waals surface area contributed by atoms with Gasteiger partial charge in [0.25, 0.3) is 5.91 Å². The Labute approximate surface area is 155 Å². The molecular weight excluding hydrogens is 350 g/mol. The highest BCUT2D eigenvalue weighted by Gasteiger charge is 2.30. The lowest BCUT2D eigenvalue weighted by Crippen LogP contribution is -2.43. The van der Waals surface area contributed by atoms with Crippen molar-refractivity contribution in [3.05, 3.63) is 41.6 Å². The predicted octanol–water partition coefficient (Wildman–Crippen LogP) is 0.489. The number of morpholine rings is 1. The SMILES string of the molecule is COCCn1nnnc1[C@@H]1CN(C(=O)c2cn3ccc(C)cc3n2)CCO1. The van der Waals surface area contributed by atoms with Crippen molar-refractivity contribution >= 4 is 11.6 Å². The molecule has 27 heavy (non-hydrogen) atoms. The fourth-order valence-corrected chi connectivity index (χ4v) is 3.12. The topological polar surface area (TPSA) is 99.7 Å². The molecule has 10 heteroatoms. The zero-order valence-electron chi connectivity index (χ0n) is 15.3. The Hall–Kier alpha value is -2.85. The van der Waals surface area contributed by atoms with Gasteiger partial charge in [-0.2, -0.15) is 0 Å². The molecule has 4 heterocycles. The van der Waals surface area contributed by atoms with Crippen molar-refractivity contribution in [2.45, 2.75) is 19.6 Å². The van der Waals surface area contributed by atoms with E-state index in [1.165, 1.54) is 0 Å². The minimum atomic E-state index is -0.381. The lowest BCUT2D eigenvalue weighted by atomic mass is 10.2. The quantitative estimate of drug-likeness (QED) is 0.643. The van der Waals surface area contributed by atoms with E-state index in [0.29, 0.717) is 44.4 Å². The van der Waals surface area contributed by atoms with Gasteiger partial charge >= 0.3 is 0 Å². The van der Waals surface area contributed by atoms with E-state index in [0.717, 1.165) is 11.2 Å². The molecule has 4 rings (SSSR count). The second-order valence-corrected chi connectivity index (χ2v) is 6.46. The Kier molecular flexibility index (Phi) is 4.82. The number of imidazole rings is 1. The van der Waals surface area contributed by atoms with E-state index < -0.39 is 0 Å². The highest BCUT2D eigenvalue weighted by molar-refractivity contribution is 5.93. The average Bonchev–Trinajstić information content (AvgIpc) is 3.32. The van der Waals surface area contributed by atoms with Crippen LogP contribution < -0.4 is 0 Å². The van der Waals surface area contributed by atoms with Crippen molar-refractivity contribution in [2.24, 2.45) is 0 Å². The summed E-state index contributed by atoms with van der Waals surface area (Å²) in [4.78, 5) is 19.1. The van der Waals surface area contributed by atoms with E-state index in [4.69, 9.17) is 9.47 Å². The number of aryl methyl sites for hydroxylation is 1. The summed E-state index contributed by atoms with van der Waals surface area (Å²) < 4.78 is 14.4. The number of carbonyl (C=O) groups is 1. The summed E-state index contributed by atoms with van der Waals surface area (Å²) in [5.41, 5.74) is 2.27. The summed E-state index contributed by atoms with van der Waals surface area (Å²) in [7, 11) is 1.62. The molecule has 3 aromatic rings. The van der Waals surface area contributed by atoms with Crippen LogP contribution in [0.4, 0.5) is 0 Å². The normalized spacial score (nSPS) is 17.6. The van der Waals surface area contributed by atoms with Gasteiger partial charge in [0.15, 0.2) is 5.82 Å². The Morgan fingerprint density at radius 3 is 3.19 bits per heavy atom. The van der Waals surface area contributed by atoms with Crippen molar-refractivity contribution in [2.75, 3.05) is 33.4 Å². The molecule has 10 nitrogen and oxygen atoms in total. The average molecular weight is 371 g/mol. The van der Waals surface area contributed by atoms with Crippen molar-refractivity contribution in [3.8, 4) is 0 Å². The van der Waals surface area contributed by atoms with Crippen LogP contribution in [0.15, 0.2) is 24.5 Å². The van der Waals surface area contributed by atoms with Crippen molar-refractivity contribution in [3.63, 3.8) is 0 Å². The van der Waals surface area contributed by atoms with Gasteiger partial charge in [0, 0.05) is 26.0 Å². The molecule has 0 bridgehead atoms. The summed E-state index contributed by atoms with van der Waals surface area (Å²) in [6, 6.07) is 3.93. The lowest BCUT2D eigenvalue weighted by Gasteiger charge is -2.31. The van der Waals surface area contributed by atoms with Gasteiger partial charge in [-0.15, -0.1) is 5.10 Å². The van der Waals surface area contributed by atoms with Crippen LogP contribution in [0.25, 0.3) is 5.65 Å². The molecule has 0 radical (unpaired) electrons. The Morgan fingerprint density at radius 1 is 1.44 bits per heavy atom. The standard InChI is InChI=1S/C17H21N7O3/c1-12-3-4-22-10-13(18-15(22)9-12)17(25)23-5-8-27-14(11-23)16-19-20-21-24(16)6-7-26-2/h3-4,9-10,14H,5-8,11H2,1-2H3/t14-/m0/s1. The van der Waals surface area contributed by atoms with E-state index in [9.17, 15) is 4.79 Å². The lowest BCUT2D eigenvalue weighted by molar-refractivity contribution is -0.0293. The molecule has 0 saturated carbocycles. The molecule has 1 atom stereocenters. The zero-order chi connectivity index (χ0) is 18.8. The van der Waals surface area contributed by atoms with Gasteiger partial charge < -0.3 is 18.8 Å². The monoisotopic (exact) mass is 371 g/mol. The third-order valence-electron chi connectivity index (χ3n) is 4.54. The largest absolute Gasteiger partial charge is 0.383 e. The molecule has 0 N–H and O–H groups in total. The summed E-state index contributed by atoms with van der Waals surface area (Å²) in [5, 5.41) is 11.8. The summed E-state index contributed by atoms with van der Waals surface area (Å²) in [6.45, 7) is 4.31. The van der Waals surface area contributed by atoms with E-state index >= 15 is 0 Å². The predicted molar refractivity (Wildman–Crippen MR) is 94.2 cm³/mol. The number of hydrogen-bond acceptors (Lipinski definition) is 7. The first-order chi connectivity index (χ1) is 13.2. The molecule has 1 amide bonds. The number of fused-ring (bicyclic) bond motifs is 1. The van der Waals surface area contributed by atoms with Gasteiger partial charge in [0.05, 0.1) is 26.3 Å². The number of methoxy groups -OCH3 is 1. The summed E-state index contributed by atoms with van der Waals surface area (Å²) in [5.74, 6) is 0.468. The molecule has 0 aromatic carbocycles. The van der Waals surface area contributed by atoms with E-state index in [1.54, 1.807) is 22.9 Å². The molecule has 1 fully saturated rings. The van der Waals surface area contributed by atoms with Crippen LogP contribution in [0.3, 0.4) is 0 Å². The highest BCUT2D eigenvalue weighted by atomic mass is 16.5. The van der Waals surface area contributed by atoms with Gasteiger partial charge in [-0.1, -0.05) is 0 Å². The number of carbonyl (C=O) groups excluding carboxylic acids is 1. The van der Waals surface area contributed by atoms with Crippen molar-refractivity contribution in [1.82, 2.24) is 34.5 Å². The molecule has 0 unspecified atom stereocenters. The highest BCUT2D eigenvalue weighted by Crippen LogP contribution is 2.21. The fourth-order valence-electron chi connectivity index (χ4n) is 3.12. The Morgan fingerprint density at radius 2 is 2.33 bits per heavy atom. The van der Waals surface area contributed by atoms with E-state index in [1.807, 2.05) is 29.7 Å². The third kappa shape index (κ3) is 3.53. The fraction of sp³-hybridized carbons (Fsp3) is 0.471. The van der Waals surface area contributed by atoms with Gasteiger partial charge in [-0.3, -0.25) is 4.79 Å². The molecular formula is C17H21N7O3. The third-order valence-corrected chi connectivity index (χ3v) is 4.54. The van der Waals surface area contributed by atoms with Crippen LogP contribution in [0.5, 0.6) is 0 Å². The van der Waals surface area contributed by atoms with E-state index in [-0.39, 0.29) is 12.0 Å². The smallest absolute Gasteiger partial charge is 0.274 e. The molecule has 142 valence electrons. The number of aromatic nitrogens is 6. The number of nitrogens with zero attached hydrogens (tertiary/aromatic N) is 7. The van der Waals surface area contributed by atoms with Crippen LogP contribution in [-0.4, -0.2) is 73.8 Å². The maximum absolute atomic E-state index is 12.9. The second-order valence-electron chi connectivity index (χ2n) is 6.46. The first kappa shape index (κ1) is 17.6. The first-order valence-corrected chi connectivity index (χ1v) is 8.77. The number of tetrazole rings is 1. The minimum absolute atomic E-state index is 0.124. The van der Waals surface area contributed by atoms with Crippen LogP contribution in [0.2, 0.25) is 0 Å². The number of rotatable bonds is 5. The number of ether oxygens (including phenoxy) is 2. The van der Waals surface area contributed by atoms with Crippen LogP contribution in [0, 0.1) is 6.92 Å². The van der Waals surface area contributed by atoms with Gasteiger partial charge in [0.2, 0.25) is 0 Å². The first-order valence-electron chi connectivity index (χ1n) is 8.77. The molecule has 1 saturated heterocycles. The zero-order valence-corrected chi connectivity index (χ0v) is 15.3. The molecule has 0 spiro atoms. The molecule has 0 aliphatic carbocycles. The molecule has 1 aliphatic heterocycles. The summed E-state index contributed by atoms with van der Waals surface area (Å²) in [6.07, 6.45) is 3.28. The Bertz CT molecular complexity index is 951. The van der Waals surface area contributed by atoms with Crippen LogP contribution >= 0.6 is 0 Å². The van der Waals surface area contributed by atoms with Crippen LogP contribution in [0.1, 0.15) is 28.0 Å². The minimum Gasteiger partial charge on any atom is -0.383 e. The van der Waals surface area contributed by atoms with Crippen LogP contribution in [-0.2, 0) is 16.0 Å². The van der Waals surface area contributed by atoms with Gasteiger partial charge in [0.1, 0.15) is 17.4 Å². The Balaban J connectivity index is 1.52. The number of amides is 1. The van der Waals surface area contributed by atoms with Gasteiger partial charge in [-0.25, -0.2) is 9.67 Å². The van der Waals surface area contributed by atoms with Crippen molar-refractivity contribution < 1.29 is 14.3 Å². The maximum Gasteiger partial charge on any atom is 0.274 e. The number of hydrogen-bond donors (Lipinski definition) is 0. The second kappa shape index (κ2) is 7.41. The summed E-state index contributed by atoms with van der Waals surface area (Å²) >= 11 is 0. The van der Waals surface area contributed by atoms with E-state index in [2.05, 4.69) is 20.5 Å². The molecule has 3 aromatic heterocycles. The van der Waals surface area contributed by atoms with Crippen molar-refractivity contribution in [1.29, 1.82) is 0 Å².